The Labute approximate surface area is 173 Å². The van der Waals surface area contributed by atoms with Gasteiger partial charge < -0.3 is 10.3 Å². The molecule has 6 nitrogen and oxygen atoms in total. The van der Waals surface area contributed by atoms with Gasteiger partial charge in [0.05, 0.1) is 22.2 Å². The molecule has 3 aromatic rings. The first-order valence-electron chi connectivity index (χ1n) is 9.05. The Kier molecular flexibility index (Phi) is 6.31. The van der Waals surface area contributed by atoms with Crippen LogP contribution in [0.4, 0.5) is 18.9 Å². The van der Waals surface area contributed by atoms with Gasteiger partial charge in [0.15, 0.2) is 0 Å². The second-order valence-corrected chi connectivity index (χ2v) is 7.06. The number of unbranched alkanes of at least 4 members (excludes halogenated alkanes) is 1. The van der Waals surface area contributed by atoms with E-state index in [2.05, 4.69) is 10.3 Å². The van der Waals surface area contributed by atoms with Crippen LogP contribution in [-0.2, 0) is 17.5 Å². The molecule has 0 saturated carbocycles. The molecule has 2 N–H and O–H groups in total. The number of aromatic nitrogens is 2. The molecule has 2 aromatic carbocycles. The van der Waals surface area contributed by atoms with Crippen molar-refractivity contribution < 1.29 is 18.0 Å². The molecule has 0 aliphatic rings. The van der Waals surface area contributed by atoms with E-state index in [1.807, 2.05) is 0 Å². The first kappa shape index (κ1) is 21.6. The molecule has 30 heavy (non-hydrogen) atoms. The summed E-state index contributed by atoms with van der Waals surface area (Å²) in [7, 11) is 0. The summed E-state index contributed by atoms with van der Waals surface area (Å²) in [6, 6.07) is 9.70. The van der Waals surface area contributed by atoms with Gasteiger partial charge in [-0.05, 0) is 43.2 Å². The number of H-pyrrole nitrogens is 1. The predicted molar refractivity (Wildman–Crippen MR) is 108 cm³/mol. The minimum absolute atomic E-state index is 0.0693. The van der Waals surface area contributed by atoms with Crippen LogP contribution in [0.25, 0.3) is 10.9 Å². The minimum atomic E-state index is -4.66. The second-order valence-electron chi connectivity index (χ2n) is 6.63. The fraction of sp³-hybridized carbons (Fsp3) is 0.250. The number of nitrogens with one attached hydrogen (secondary N) is 2. The number of carbonyl (C=O) groups is 1. The van der Waals surface area contributed by atoms with Crippen LogP contribution in [0.1, 0.15) is 24.8 Å². The molecular weight excluding hydrogens is 423 g/mol. The van der Waals surface area contributed by atoms with Crippen LogP contribution in [0.5, 0.6) is 0 Å². The Morgan fingerprint density at radius 1 is 1.10 bits per heavy atom. The number of benzene rings is 2. The SMILES string of the molecule is O=C(CCCCn1c(=O)[nH]c2ccccc2c1=O)Nc1ccc(Cl)cc1C(F)(F)F. The lowest BCUT2D eigenvalue weighted by atomic mass is 10.1. The highest BCUT2D eigenvalue weighted by molar-refractivity contribution is 6.30. The number of carbonyl (C=O) groups excluding carboxylic acids is 1. The Morgan fingerprint density at radius 2 is 1.83 bits per heavy atom. The molecule has 0 fully saturated rings. The van der Waals surface area contributed by atoms with E-state index >= 15 is 0 Å². The van der Waals surface area contributed by atoms with E-state index in [1.54, 1.807) is 24.3 Å². The van der Waals surface area contributed by atoms with Crippen molar-refractivity contribution in [3.63, 3.8) is 0 Å². The molecule has 1 amide bonds. The molecule has 158 valence electrons. The zero-order valence-corrected chi connectivity index (χ0v) is 16.3. The van der Waals surface area contributed by atoms with Crippen molar-refractivity contribution in [2.24, 2.45) is 0 Å². The number of hydrogen-bond donors (Lipinski definition) is 2. The molecule has 10 heteroatoms. The summed E-state index contributed by atoms with van der Waals surface area (Å²) in [5.41, 5.74) is -1.96. The van der Waals surface area contributed by atoms with Crippen molar-refractivity contribution in [1.29, 1.82) is 0 Å². The van der Waals surface area contributed by atoms with Gasteiger partial charge in [0, 0.05) is 18.0 Å². The Bertz CT molecular complexity index is 1200. The number of aromatic amines is 1. The average Bonchev–Trinajstić information content (AvgIpc) is 2.68. The number of halogens is 4. The molecule has 0 atom stereocenters. The van der Waals surface area contributed by atoms with Crippen LogP contribution < -0.4 is 16.6 Å². The molecule has 3 rings (SSSR count). The molecule has 0 aliphatic heterocycles. The normalized spacial score (nSPS) is 11.6. The van der Waals surface area contributed by atoms with Crippen LogP contribution >= 0.6 is 11.6 Å². The monoisotopic (exact) mass is 439 g/mol. The molecule has 1 heterocycles. The summed E-state index contributed by atoms with van der Waals surface area (Å²) in [5, 5.41) is 2.52. The molecule has 0 radical (unpaired) electrons. The van der Waals surface area contributed by atoms with E-state index in [9.17, 15) is 27.6 Å². The third-order valence-corrected chi connectivity index (χ3v) is 4.72. The number of nitrogens with zero attached hydrogens (tertiary/aromatic N) is 1. The van der Waals surface area contributed by atoms with Crippen LogP contribution in [0.15, 0.2) is 52.1 Å². The van der Waals surface area contributed by atoms with Crippen molar-refractivity contribution >= 4 is 34.1 Å². The van der Waals surface area contributed by atoms with Gasteiger partial charge in [-0.25, -0.2) is 4.79 Å². The first-order valence-corrected chi connectivity index (χ1v) is 9.43. The summed E-state index contributed by atoms with van der Waals surface area (Å²) in [6.07, 6.45) is -4.13. The van der Waals surface area contributed by atoms with Crippen molar-refractivity contribution in [2.45, 2.75) is 32.0 Å². The number of anilines is 1. The molecule has 0 aliphatic carbocycles. The van der Waals surface area contributed by atoms with Crippen molar-refractivity contribution in [3.8, 4) is 0 Å². The van der Waals surface area contributed by atoms with Crippen LogP contribution in [0.3, 0.4) is 0 Å². The topological polar surface area (TPSA) is 84.0 Å². The standard InChI is InChI=1S/C20H17ClF3N3O3/c21-12-8-9-16(14(11-12)20(22,23)24)25-17(28)7-3-4-10-27-18(29)13-5-1-2-6-15(13)26-19(27)30/h1-2,5-6,8-9,11H,3-4,7,10H2,(H,25,28)(H,26,30). The van der Waals surface area contributed by atoms with Crippen molar-refractivity contribution in [1.82, 2.24) is 9.55 Å². The summed E-state index contributed by atoms with van der Waals surface area (Å²) in [6.45, 7) is 0.0844. The highest BCUT2D eigenvalue weighted by Crippen LogP contribution is 2.36. The molecule has 0 saturated heterocycles. The Morgan fingerprint density at radius 3 is 2.57 bits per heavy atom. The maximum Gasteiger partial charge on any atom is 0.418 e. The molecule has 0 spiro atoms. The van der Waals surface area contributed by atoms with Gasteiger partial charge in [-0.15, -0.1) is 0 Å². The maximum atomic E-state index is 13.1. The summed E-state index contributed by atoms with van der Waals surface area (Å²) >= 11 is 5.61. The maximum absolute atomic E-state index is 13.1. The van der Waals surface area contributed by atoms with Crippen molar-refractivity contribution in [2.75, 3.05) is 5.32 Å². The van der Waals surface area contributed by atoms with Crippen LogP contribution in [-0.4, -0.2) is 15.5 Å². The number of amides is 1. The molecule has 0 bridgehead atoms. The zero-order chi connectivity index (χ0) is 21.9. The predicted octanol–water partition coefficient (Wildman–Crippen LogP) is 4.17. The third-order valence-electron chi connectivity index (χ3n) is 4.49. The quantitative estimate of drug-likeness (QED) is 0.565. The van der Waals surface area contributed by atoms with E-state index in [0.29, 0.717) is 17.3 Å². The first-order chi connectivity index (χ1) is 14.2. The Hall–Kier alpha value is -3.07. The second kappa shape index (κ2) is 8.74. The van der Waals surface area contributed by atoms with Crippen LogP contribution in [0, 0.1) is 0 Å². The van der Waals surface area contributed by atoms with Gasteiger partial charge in [0.1, 0.15) is 0 Å². The van der Waals surface area contributed by atoms with Gasteiger partial charge in [-0.1, -0.05) is 23.7 Å². The van der Waals surface area contributed by atoms with E-state index in [1.165, 1.54) is 6.07 Å². The highest BCUT2D eigenvalue weighted by Gasteiger charge is 2.34. The third kappa shape index (κ3) is 4.91. The summed E-state index contributed by atoms with van der Waals surface area (Å²) in [4.78, 5) is 39.2. The highest BCUT2D eigenvalue weighted by atomic mass is 35.5. The van der Waals surface area contributed by atoms with Crippen molar-refractivity contribution in [3.05, 3.63) is 73.9 Å². The number of fused-ring (bicyclic) bond motifs is 1. The number of hydrogen-bond acceptors (Lipinski definition) is 3. The molecule has 0 unspecified atom stereocenters. The van der Waals surface area contributed by atoms with E-state index in [4.69, 9.17) is 11.6 Å². The Balaban J connectivity index is 1.61. The largest absolute Gasteiger partial charge is 0.418 e. The zero-order valence-electron chi connectivity index (χ0n) is 15.6. The number of alkyl halides is 3. The van der Waals surface area contributed by atoms with E-state index in [-0.39, 0.29) is 30.1 Å². The van der Waals surface area contributed by atoms with Crippen LogP contribution in [0.2, 0.25) is 5.02 Å². The van der Waals surface area contributed by atoms with Gasteiger partial charge in [-0.3, -0.25) is 14.2 Å². The van der Waals surface area contributed by atoms with Gasteiger partial charge in [-0.2, -0.15) is 13.2 Å². The fourth-order valence-electron chi connectivity index (χ4n) is 3.03. The smallest absolute Gasteiger partial charge is 0.326 e. The summed E-state index contributed by atoms with van der Waals surface area (Å²) in [5.74, 6) is -0.609. The van der Waals surface area contributed by atoms with Gasteiger partial charge >= 0.3 is 11.9 Å². The molecular formula is C20H17ClF3N3O3. The number of para-hydroxylation sites is 1. The number of rotatable bonds is 6. The van der Waals surface area contributed by atoms with E-state index in [0.717, 1.165) is 16.7 Å². The average molecular weight is 440 g/mol. The lowest BCUT2D eigenvalue weighted by Crippen LogP contribution is -2.35. The lowest BCUT2D eigenvalue weighted by molar-refractivity contribution is -0.137. The minimum Gasteiger partial charge on any atom is -0.326 e. The summed E-state index contributed by atoms with van der Waals surface area (Å²) < 4.78 is 40.3. The molecule has 1 aromatic heterocycles. The van der Waals surface area contributed by atoms with Gasteiger partial charge in [0.2, 0.25) is 5.91 Å². The van der Waals surface area contributed by atoms with Gasteiger partial charge in [0.25, 0.3) is 5.56 Å². The fourth-order valence-corrected chi connectivity index (χ4v) is 3.20. The lowest BCUT2D eigenvalue weighted by Gasteiger charge is -2.14. The van der Waals surface area contributed by atoms with E-state index < -0.39 is 28.9 Å².